The second-order valence-corrected chi connectivity index (χ2v) is 4.50. The Bertz CT molecular complexity index is 439. The molecule has 0 saturated heterocycles. The van der Waals surface area contributed by atoms with Crippen LogP contribution in [0.2, 0.25) is 5.02 Å². The molecule has 1 atom stereocenters. The van der Waals surface area contributed by atoms with Gasteiger partial charge in [0.1, 0.15) is 5.82 Å². The minimum absolute atomic E-state index is 0.364. The van der Waals surface area contributed by atoms with E-state index in [2.05, 4.69) is 9.97 Å². The van der Waals surface area contributed by atoms with Gasteiger partial charge in [-0.25, -0.2) is 4.98 Å². The Morgan fingerprint density at radius 2 is 2.06 bits per heavy atom. The summed E-state index contributed by atoms with van der Waals surface area (Å²) in [6, 6.07) is 7.72. The number of halogens is 1. The first kappa shape index (κ1) is 12.1. The Labute approximate surface area is 105 Å². The number of aromatic amines is 1. The Balaban J connectivity index is 1.79. The van der Waals surface area contributed by atoms with Crippen LogP contribution < -0.4 is 0 Å². The Kier molecular flexibility index (Phi) is 4.18. The van der Waals surface area contributed by atoms with Gasteiger partial charge in [-0.2, -0.15) is 0 Å². The summed E-state index contributed by atoms with van der Waals surface area (Å²) in [6.45, 7) is 0. The number of nitrogens with zero attached hydrogens (tertiary/aromatic N) is 1. The minimum Gasteiger partial charge on any atom is -0.393 e. The van der Waals surface area contributed by atoms with Gasteiger partial charge in [-0.3, -0.25) is 0 Å². The summed E-state index contributed by atoms with van der Waals surface area (Å²) >= 11 is 5.81. The molecule has 0 aliphatic rings. The molecule has 0 spiro atoms. The van der Waals surface area contributed by atoms with E-state index >= 15 is 0 Å². The van der Waals surface area contributed by atoms with Gasteiger partial charge in [0, 0.05) is 23.8 Å². The first-order chi connectivity index (χ1) is 8.24. The topological polar surface area (TPSA) is 48.9 Å². The molecule has 0 amide bonds. The molecule has 0 saturated carbocycles. The second-order valence-electron chi connectivity index (χ2n) is 4.06. The van der Waals surface area contributed by atoms with Gasteiger partial charge in [-0.05, 0) is 30.5 Å². The van der Waals surface area contributed by atoms with E-state index in [0.717, 1.165) is 23.7 Å². The average Bonchev–Trinajstić information content (AvgIpc) is 2.81. The maximum absolute atomic E-state index is 9.85. The van der Waals surface area contributed by atoms with E-state index in [1.165, 1.54) is 5.56 Å². The van der Waals surface area contributed by atoms with Crippen molar-refractivity contribution in [3.63, 3.8) is 0 Å². The normalized spacial score (nSPS) is 12.6. The van der Waals surface area contributed by atoms with E-state index in [9.17, 15) is 5.11 Å². The molecule has 3 nitrogen and oxygen atoms in total. The molecule has 1 heterocycles. The fourth-order valence-electron chi connectivity index (χ4n) is 1.72. The predicted molar refractivity (Wildman–Crippen MR) is 68.1 cm³/mol. The van der Waals surface area contributed by atoms with Crippen molar-refractivity contribution < 1.29 is 5.11 Å². The monoisotopic (exact) mass is 250 g/mol. The molecule has 0 radical (unpaired) electrons. The first-order valence-corrected chi connectivity index (χ1v) is 6.02. The Morgan fingerprint density at radius 1 is 1.29 bits per heavy atom. The van der Waals surface area contributed by atoms with Crippen molar-refractivity contribution in [3.05, 3.63) is 53.1 Å². The van der Waals surface area contributed by atoms with Gasteiger partial charge in [0.2, 0.25) is 0 Å². The third kappa shape index (κ3) is 3.88. The van der Waals surface area contributed by atoms with Gasteiger partial charge >= 0.3 is 0 Å². The quantitative estimate of drug-likeness (QED) is 0.857. The number of aromatic nitrogens is 2. The summed E-state index contributed by atoms with van der Waals surface area (Å²) < 4.78 is 0. The van der Waals surface area contributed by atoms with Crippen molar-refractivity contribution in [3.8, 4) is 0 Å². The zero-order chi connectivity index (χ0) is 12.1. The van der Waals surface area contributed by atoms with Gasteiger partial charge in [0.05, 0.1) is 6.10 Å². The highest BCUT2D eigenvalue weighted by atomic mass is 35.5. The van der Waals surface area contributed by atoms with E-state index in [4.69, 9.17) is 11.6 Å². The zero-order valence-electron chi connectivity index (χ0n) is 9.44. The Hall–Kier alpha value is -1.32. The molecule has 0 aliphatic carbocycles. The molecule has 2 aromatic rings. The highest BCUT2D eigenvalue weighted by molar-refractivity contribution is 6.30. The van der Waals surface area contributed by atoms with Crippen LogP contribution in [0.15, 0.2) is 36.7 Å². The van der Waals surface area contributed by atoms with Crippen LogP contribution in [0, 0.1) is 0 Å². The molecular formula is C13H15ClN2O. The molecule has 17 heavy (non-hydrogen) atoms. The van der Waals surface area contributed by atoms with Crippen molar-refractivity contribution >= 4 is 11.6 Å². The lowest BCUT2D eigenvalue weighted by atomic mass is 10.1. The van der Waals surface area contributed by atoms with Crippen molar-refractivity contribution in [2.75, 3.05) is 0 Å². The summed E-state index contributed by atoms with van der Waals surface area (Å²) in [5.74, 6) is 0.827. The van der Waals surface area contributed by atoms with Crippen LogP contribution >= 0.6 is 11.6 Å². The van der Waals surface area contributed by atoms with Gasteiger partial charge in [-0.15, -0.1) is 0 Å². The van der Waals surface area contributed by atoms with Crippen molar-refractivity contribution in [1.29, 1.82) is 0 Å². The van der Waals surface area contributed by atoms with Crippen LogP contribution in [0.4, 0.5) is 0 Å². The van der Waals surface area contributed by atoms with Crippen molar-refractivity contribution in [2.24, 2.45) is 0 Å². The standard InChI is InChI=1S/C13H15ClN2O/c14-11-4-1-10(2-5-11)3-6-12(17)9-13-15-7-8-16-13/h1-2,4-5,7-8,12,17H,3,6,9H2,(H,15,16). The number of nitrogens with one attached hydrogen (secondary N) is 1. The molecule has 0 bridgehead atoms. The number of rotatable bonds is 5. The zero-order valence-corrected chi connectivity index (χ0v) is 10.2. The number of aryl methyl sites for hydroxylation is 1. The van der Waals surface area contributed by atoms with Crippen LogP contribution in [0.25, 0.3) is 0 Å². The summed E-state index contributed by atoms with van der Waals surface area (Å²) in [7, 11) is 0. The van der Waals surface area contributed by atoms with Gasteiger partial charge in [-0.1, -0.05) is 23.7 Å². The van der Waals surface area contributed by atoms with E-state index in [-0.39, 0.29) is 6.10 Å². The van der Waals surface area contributed by atoms with Crippen LogP contribution in [-0.4, -0.2) is 21.2 Å². The van der Waals surface area contributed by atoms with Crippen LogP contribution in [-0.2, 0) is 12.8 Å². The number of aliphatic hydroxyl groups excluding tert-OH is 1. The third-order valence-corrected chi connectivity index (χ3v) is 2.92. The molecular weight excluding hydrogens is 236 g/mol. The molecule has 1 aromatic heterocycles. The lowest BCUT2D eigenvalue weighted by Crippen LogP contribution is -2.12. The van der Waals surface area contributed by atoms with Gasteiger partial charge < -0.3 is 10.1 Å². The maximum Gasteiger partial charge on any atom is 0.108 e. The highest BCUT2D eigenvalue weighted by Crippen LogP contribution is 2.12. The number of imidazole rings is 1. The summed E-state index contributed by atoms with van der Waals surface area (Å²) in [6.07, 6.45) is 5.24. The number of hydrogen-bond donors (Lipinski definition) is 2. The number of aliphatic hydroxyl groups is 1. The van der Waals surface area contributed by atoms with Gasteiger partial charge in [0.15, 0.2) is 0 Å². The van der Waals surface area contributed by atoms with Gasteiger partial charge in [0.25, 0.3) is 0 Å². The molecule has 0 aliphatic heterocycles. The smallest absolute Gasteiger partial charge is 0.108 e. The van der Waals surface area contributed by atoms with Crippen LogP contribution in [0.3, 0.4) is 0 Å². The molecule has 2 N–H and O–H groups in total. The van der Waals surface area contributed by atoms with E-state index in [0.29, 0.717) is 6.42 Å². The molecule has 0 fully saturated rings. The van der Waals surface area contributed by atoms with E-state index in [1.54, 1.807) is 12.4 Å². The second kappa shape index (κ2) is 5.84. The fourth-order valence-corrected chi connectivity index (χ4v) is 1.85. The summed E-state index contributed by atoms with van der Waals surface area (Å²) in [4.78, 5) is 7.07. The average molecular weight is 251 g/mol. The lowest BCUT2D eigenvalue weighted by molar-refractivity contribution is 0.163. The van der Waals surface area contributed by atoms with Crippen LogP contribution in [0.1, 0.15) is 17.8 Å². The maximum atomic E-state index is 9.85. The third-order valence-electron chi connectivity index (χ3n) is 2.66. The largest absolute Gasteiger partial charge is 0.393 e. The van der Waals surface area contributed by atoms with Crippen LogP contribution in [0.5, 0.6) is 0 Å². The molecule has 90 valence electrons. The Morgan fingerprint density at radius 3 is 2.71 bits per heavy atom. The number of hydrogen-bond acceptors (Lipinski definition) is 2. The minimum atomic E-state index is -0.364. The molecule has 1 aromatic carbocycles. The first-order valence-electron chi connectivity index (χ1n) is 5.65. The summed E-state index contributed by atoms with van der Waals surface area (Å²) in [5.41, 5.74) is 1.19. The fraction of sp³-hybridized carbons (Fsp3) is 0.308. The lowest BCUT2D eigenvalue weighted by Gasteiger charge is -2.08. The molecule has 1 unspecified atom stereocenters. The van der Waals surface area contributed by atoms with E-state index in [1.807, 2.05) is 24.3 Å². The molecule has 4 heteroatoms. The van der Waals surface area contributed by atoms with Crippen molar-refractivity contribution in [1.82, 2.24) is 9.97 Å². The SMILES string of the molecule is OC(CCc1ccc(Cl)cc1)Cc1ncc[nH]1. The number of H-pyrrole nitrogens is 1. The molecule has 2 rings (SSSR count). The summed E-state index contributed by atoms with van der Waals surface area (Å²) in [5, 5.41) is 10.6. The highest BCUT2D eigenvalue weighted by Gasteiger charge is 2.07. The predicted octanol–water partition coefficient (Wildman–Crippen LogP) is 2.60. The van der Waals surface area contributed by atoms with E-state index < -0.39 is 0 Å². The number of benzene rings is 1. The van der Waals surface area contributed by atoms with Crippen molar-refractivity contribution in [2.45, 2.75) is 25.4 Å².